The summed E-state index contributed by atoms with van der Waals surface area (Å²) in [5, 5.41) is 17.9. The van der Waals surface area contributed by atoms with Crippen molar-refractivity contribution in [3.63, 3.8) is 0 Å². The molecular formula is C16H12N4S. The van der Waals surface area contributed by atoms with E-state index in [0.29, 0.717) is 5.56 Å². The molecule has 3 aromatic rings. The van der Waals surface area contributed by atoms with Crippen molar-refractivity contribution in [2.45, 2.75) is 10.9 Å². The molecule has 0 bridgehead atoms. The van der Waals surface area contributed by atoms with Crippen LogP contribution in [0.2, 0.25) is 0 Å². The molecule has 0 amide bonds. The number of benzene rings is 2. The van der Waals surface area contributed by atoms with Crippen LogP contribution in [0, 0.1) is 11.3 Å². The van der Waals surface area contributed by atoms with Crippen molar-refractivity contribution < 1.29 is 0 Å². The minimum Gasteiger partial charge on any atom is -0.277 e. The van der Waals surface area contributed by atoms with Crippen LogP contribution in [0.4, 0.5) is 0 Å². The maximum absolute atomic E-state index is 8.92. The molecule has 0 aliphatic carbocycles. The summed E-state index contributed by atoms with van der Waals surface area (Å²) in [6.07, 6.45) is 1.71. The second kappa shape index (κ2) is 6.25. The van der Waals surface area contributed by atoms with Crippen molar-refractivity contribution >= 4 is 11.8 Å². The zero-order valence-electron chi connectivity index (χ0n) is 11.2. The molecule has 0 fully saturated rings. The average Bonchev–Trinajstić information content (AvgIpc) is 3.02. The van der Waals surface area contributed by atoms with Gasteiger partial charge in [0.1, 0.15) is 6.33 Å². The van der Waals surface area contributed by atoms with Crippen LogP contribution in [0.5, 0.6) is 0 Å². The molecular weight excluding hydrogens is 280 g/mol. The maximum atomic E-state index is 8.92. The number of para-hydroxylation sites is 1. The van der Waals surface area contributed by atoms with Crippen molar-refractivity contribution in [1.29, 1.82) is 5.26 Å². The highest BCUT2D eigenvalue weighted by Crippen LogP contribution is 2.23. The molecule has 102 valence electrons. The Balaban J connectivity index is 1.78. The summed E-state index contributed by atoms with van der Waals surface area (Å²) >= 11 is 1.60. The molecule has 0 saturated heterocycles. The molecule has 3 rings (SSSR count). The standard InChI is InChI=1S/C16H12N4S/c17-10-13-5-4-6-14(9-13)11-21-16-19-18-12-20(16)15-7-2-1-3-8-15/h1-9,12H,11H2. The highest BCUT2D eigenvalue weighted by Gasteiger charge is 2.07. The fourth-order valence-corrected chi connectivity index (χ4v) is 2.84. The van der Waals surface area contributed by atoms with E-state index in [-0.39, 0.29) is 0 Å². The van der Waals surface area contributed by atoms with Gasteiger partial charge in [0.25, 0.3) is 0 Å². The molecule has 2 aromatic carbocycles. The summed E-state index contributed by atoms with van der Waals surface area (Å²) < 4.78 is 1.96. The monoisotopic (exact) mass is 292 g/mol. The Morgan fingerprint density at radius 3 is 2.76 bits per heavy atom. The van der Waals surface area contributed by atoms with Crippen molar-refractivity contribution in [3.05, 3.63) is 72.1 Å². The summed E-state index contributed by atoms with van der Waals surface area (Å²) in [4.78, 5) is 0. The van der Waals surface area contributed by atoms with E-state index in [4.69, 9.17) is 5.26 Å². The normalized spacial score (nSPS) is 10.2. The van der Waals surface area contributed by atoms with Crippen LogP contribution in [0.25, 0.3) is 5.69 Å². The average molecular weight is 292 g/mol. The highest BCUT2D eigenvalue weighted by molar-refractivity contribution is 7.98. The van der Waals surface area contributed by atoms with Crippen LogP contribution in [-0.4, -0.2) is 14.8 Å². The second-order valence-electron chi connectivity index (χ2n) is 4.42. The summed E-state index contributed by atoms with van der Waals surface area (Å²) in [5.41, 5.74) is 2.81. The molecule has 21 heavy (non-hydrogen) atoms. The number of rotatable bonds is 4. The predicted octanol–water partition coefficient (Wildman–Crippen LogP) is 3.43. The first kappa shape index (κ1) is 13.4. The summed E-state index contributed by atoms with van der Waals surface area (Å²) in [6, 6.07) is 19.8. The van der Waals surface area contributed by atoms with Gasteiger partial charge in [-0.2, -0.15) is 5.26 Å². The maximum Gasteiger partial charge on any atom is 0.195 e. The van der Waals surface area contributed by atoms with Gasteiger partial charge in [0, 0.05) is 11.4 Å². The van der Waals surface area contributed by atoms with Gasteiger partial charge in [-0.25, -0.2) is 0 Å². The van der Waals surface area contributed by atoms with Crippen molar-refractivity contribution in [1.82, 2.24) is 14.8 Å². The fourth-order valence-electron chi connectivity index (χ4n) is 1.97. The lowest BCUT2D eigenvalue weighted by Crippen LogP contribution is -1.94. The predicted molar refractivity (Wildman–Crippen MR) is 82.1 cm³/mol. The van der Waals surface area contributed by atoms with Gasteiger partial charge in [0.15, 0.2) is 5.16 Å². The molecule has 0 aliphatic heterocycles. The Morgan fingerprint density at radius 1 is 1.10 bits per heavy atom. The fraction of sp³-hybridized carbons (Fsp3) is 0.0625. The van der Waals surface area contributed by atoms with E-state index in [1.165, 1.54) is 0 Å². The van der Waals surface area contributed by atoms with Crippen molar-refractivity contribution in [3.8, 4) is 11.8 Å². The van der Waals surface area contributed by atoms with Gasteiger partial charge in [-0.05, 0) is 29.8 Å². The van der Waals surface area contributed by atoms with Crippen LogP contribution in [0.3, 0.4) is 0 Å². The molecule has 0 N–H and O–H groups in total. The first-order chi connectivity index (χ1) is 10.4. The van der Waals surface area contributed by atoms with E-state index in [0.717, 1.165) is 22.2 Å². The van der Waals surface area contributed by atoms with Crippen LogP contribution in [0.15, 0.2) is 66.1 Å². The molecule has 0 unspecified atom stereocenters. The molecule has 1 heterocycles. The Labute approximate surface area is 127 Å². The van der Waals surface area contributed by atoms with E-state index >= 15 is 0 Å². The van der Waals surface area contributed by atoms with Gasteiger partial charge in [0.05, 0.1) is 11.6 Å². The van der Waals surface area contributed by atoms with Gasteiger partial charge in [-0.3, -0.25) is 4.57 Å². The third-order valence-electron chi connectivity index (χ3n) is 2.97. The molecule has 5 heteroatoms. The highest BCUT2D eigenvalue weighted by atomic mass is 32.2. The number of nitriles is 1. The number of hydrogen-bond donors (Lipinski definition) is 0. The first-order valence-electron chi connectivity index (χ1n) is 6.44. The quantitative estimate of drug-likeness (QED) is 0.691. The molecule has 0 radical (unpaired) electrons. The van der Waals surface area contributed by atoms with Gasteiger partial charge in [0.2, 0.25) is 0 Å². The Morgan fingerprint density at radius 2 is 1.95 bits per heavy atom. The van der Waals surface area contributed by atoms with E-state index in [1.54, 1.807) is 24.2 Å². The Bertz CT molecular complexity index is 774. The van der Waals surface area contributed by atoms with Gasteiger partial charge in [-0.1, -0.05) is 42.1 Å². The topological polar surface area (TPSA) is 54.5 Å². The van der Waals surface area contributed by atoms with Gasteiger partial charge in [-0.15, -0.1) is 10.2 Å². The van der Waals surface area contributed by atoms with Crippen LogP contribution in [0.1, 0.15) is 11.1 Å². The molecule has 0 aliphatic rings. The lowest BCUT2D eigenvalue weighted by atomic mass is 10.2. The smallest absolute Gasteiger partial charge is 0.195 e. The molecule has 0 saturated carbocycles. The molecule has 0 atom stereocenters. The number of nitrogens with zero attached hydrogens (tertiary/aromatic N) is 4. The van der Waals surface area contributed by atoms with Crippen LogP contribution >= 0.6 is 11.8 Å². The summed E-state index contributed by atoms with van der Waals surface area (Å²) in [6.45, 7) is 0. The minimum absolute atomic E-state index is 0.678. The molecule has 4 nitrogen and oxygen atoms in total. The van der Waals surface area contributed by atoms with E-state index < -0.39 is 0 Å². The zero-order valence-corrected chi connectivity index (χ0v) is 12.0. The van der Waals surface area contributed by atoms with Gasteiger partial charge >= 0.3 is 0 Å². The Hall–Kier alpha value is -2.58. The van der Waals surface area contributed by atoms with Crippen LogP contribution < -0.4 is 0 Å². The molecule has 1 aromatic heterocycles. The SMILES string of the molecule is N#Cc1cccc(CSc2nncn2-c2ccccc2)c1. The van der Waals surface area contributed by atoms with Crippen molar-refractivity contribution in [2.24, 2.45) is 0 Å². The first-order valence-corrected chi connectivity index (χ1v) is 7.42. The third kappa shape index (κ3) is 3.12. The second-order valence-corrected chi connectivity index (χ2v) is 5.36. The summed E-state index contributed by atoms with van der Waals surface area (Å²) in [7, 11) is 0. The lowest BCUT2D eigenvalue weighted by Gasteiger charge is -2.06. The number of hydrogen-bond acceptors (Lipinski definition) is 4. The number of aromatic nitrogens is 3. The Kier molecular flexibility index (Phi) is 3.99. The summed E-state index contributed by atoms with van der Waals surface area (Å²) in [5.74, 6) is 0.751. The minimum atomic E-state index is 0.678. The molecule has 0 spiro atoms. The van der Waals surface area contributed by atoms with Crippen LogP contribution in [-0.2, 0) is 5.75 Å². The van der Waals surface area contributed by atoms with E-state index in [1.807, 2.05) is 53.1 Å². The van der Waals surface area contributed by atoms with Gasteiger partial charge < -0.3 is 0 Å². The number of thioether (sulfide) groups is 1. The van der Waals surface area contributed by atoms with Crippen molar-refractivity contribution in [2.75, 3.05) is 0 Å². The zero-order chi connectivity index (χ0) is 14.5. The van der Waals surface area contributed by atoms with E-state index in [9.17, 15) is 0 Å². The lowest BCUT2D eigenvalue weighted by molar-refractivity contribution is 0.884. The third-order valence-corrected chi connectivity index (χ3v) is 3.99. The van der Waals surface area contributed by atoms with E-state index in [2.05, 4.69) is 16.3 Å². The largest absolute Gasteiger partial charge is 0.277 e.